The number of epoxide rings is 2. The molecular weight excluding hydrogens is 262 g/mol. The van der Waals surface area contributed by atoms with E-state index in [-0.39, 0.29) is 30.8 Å². The zero-order valence-corrected chi connectivity index (χ0v) is 11.2. The minimum atomic E-state index is -0.372. The fourth-order valence-corrected chi connectivity index (χ4v) is 2.15. The first-order chi connectivity index (χ1) is 9.61. The molecule has 3 aliphatic heterocycles. The SMILES string of the molecule is C=CCN1C(=C)N(CC2CO2)C(=O)N(CC2CO2)C1=O. The lowest BCUT2D eigenvalue weighted by molar-refractivity contribution is 0.107. The van der Waals surface area contributed by atoms with Crippen molar-refractivity contribution >= 4 is 12.1 Å². The van der Waals surface area contributed by atoms with Gasteiger partial charge in [-0.05, 0) is 0 Å². The van der Waals surface area contributed by atoms with Gasteiger partial charge < -0.3 is 9.47 Å². The molecule has 3 aliphatic rings. The zero-order chi connectivity index (χ0) is 14.3. The van der Waals surface area contributed by atoms with E-state index in [0.29, 0.717) is 32.1 Å². The standard InChI is InChI=1S/C13H17N3O4/c1-3-4-14-9(2)15(5-10-7-19-10)13(18)16(12(14)17)6-11-8-20-11/h3,10-11H,1-2,4-8H2. The van der Waals surface area contributed by atoms with E-state index >= 15 is 0 Å². The van der Waals surface area contributed by atoms with Crippen molar-refractivity contribution in [3.05, 3.63) is 25.1 Å². The quantitative estimate of drug-likeness (QED) is 0.527. The smallest absolute Gasteiger partial charge is 0.334 e. The van der Waals surface area contributed by atoms with Crippen molar-refractivity contribution in [2.24, 2.45) is 0 Å². The summed E-state index contributed by atoms with van der Waals surface area (Å²) in [6.45, 7) is 9.72. The van der Waals surface area contributed by atoms with Crippen LogP contribution < -0.4 is 0 Å². The van der Waals surface area contributed by atoms with Gasteiger partial charge in [0.15, 0.2) is 0 Å². The number of amides is 4. The maximum absolute atomic E-state index is 12.4. The highest BCUT2D eigenvalue weighted by Crippen LogP contribution is 2.25. The molecule has 4 amide bonds. The van der Waals surface area contributed by atoms with Gasteiger partial charge in [-0.25, -0.2) is 14.5 Å². The molecule has 7 heteroatoms. The predicted octanol–water partition coefficient (Wildman–Crippen LogP) is 0.601. The van der Waals surface area contributed by atoms with Crippen LogP contribution in [0.5, 0.6) is 0 Å². The second-order valence-corrected chi connectivity index (χ2v) is 5.01. The summed E-state index contributed by atoms with van der Waals surface area (Å²) in [7, 11) is 0. The molecule has 2 unspecified atom stereocenters. The minimum absolute atomic E-state index is 0.0357. The van der Waals surface area contributed by atoms with E-state index in [2.05, 4.69) is 13.2 Å². The molecular formula is C13H17N3O4. The molecule has 0 spiro atoms. The number of carbonyl (C=O) groups excluding carboxylic acids is 2. The van der Waals surface area contributed by atoms with Crippen molar-refractivity contribution in [3.8, 4) is 0 Å². The molecule has 0 aromatic rings. The predicted molar refractivity (Wildman–Crippen MR) is 69.7 cm³/mol. The Morgan fingerprint density at radius 3 is 2.05 bits per heavy atom. The molecule has 2 atom stereocenters. The van der Waals surface area contributed by atoms with Gasteiger partial charge in [-0.2, -0.15) is 0 Å². The Bertz CT molecular complexity index is 434. The van der Waals surface area contributed by atoms with Gasteiger partial charge >= 0.3 is 12.1 Å². The van der Waals surface area contributed by atoms with E-state index in [1.807, 2.05) is 0 Å². The summed E-state index contributed by atoms with van der Waals surface area (Å²) in [5.41, 5.74) is 0. The molecule has 0 bridgehead atoms. The number of nitrogens with zero attached hydrogens (tertiary/aromatic N) is 3. The molecule has 0 N–H and O–H groups in total. The number of urea groups is 2. The Kier molecular flexibility index (Phi) is 3.23. The van der Waals surface area contributed by atoms with Gasteiger partial charge in [-0.1, -0.05) is 12.7 Å². The van der Waals surface area contributed by atoms with Crippen LogP contribution in [0.3, 0.4) is 0 Å². The number of hydrogen-bond donors (Lipinski definition) is 0. The third-order valence-electron chi connectivity index (χ3n) is 3.44. The Labute approximate surface area is 117 Å². The van der Waals surface area contributed by atoms with Gasteiger partial charge in [0.1, 0.15) is 5.82 Å². The van der Waals surface area contributed by atoms with Crippen molar-refractivity contribution in [1.29, 1.82) is 0 Å². The molecule has 0 radical (unpaired) electrons. The van der Waals surface area contributed by atoms with Crippen molar-refractivity contribution < 1.29 is 19.1 Å². The highest BCUT2D eigenvalue weighted by Gasteiger charge is 2.44. The average Bonchev–Trinajstić information content (AvgIpc) is 3.30. The van der Waals surface area contributed by atoms with Gasteiger partial charge in [-0.15, -0.1) is 6.58 Å². The fraction of sp³-hybridized carbons (Fsp3) is 0.538. The van der Waals surface area contributed by atoms with Crippen LogP contribution >= 0.6 is 0 Å². The molecule has 0 aromatic carbocycles. The topological polar surface area (TPSA) is 68.9 Å². The van der Waals surface area contributed by atoms with Gasteiger partial charge in [-0.3, -0.25) is 9.80 Å². The largest absolute Gasteiger partial charge is 0.371 e. The van der Waals surface area contributed by atoms with Crippen LogP contribution in [0.15, 0.2) is 25.1 Å². The lowest BCUT2D eigenvalue weighted by Crippen LogP contribution is -2.60. The summed E-state index contributed by atoms with van der Waals surface area (Å²) in [5, 5.41) is 0. The molecule has 7 nitrogen and oxygen atoms in total. The molecule has 108 valence electrons. The van der Waals surface area contributed by atoms with Crippen LogP contribution in [0.25, 0.3) is 0 Å². The summed E-state index contributed by atoms with van der Waals surface area (Å²) in [4.78, 5) is 28.9. The molecule has 3 saturated heterocycles. The monoisotopic (exact) mass is 279 g/mol. The number of carbonyl (C=O) groups is 2. The summed E-state index contributed by atoms with van der Waals surface area (Å²) < 4.78 is 10.3. The Morgan fingerprint density at radius 2 is 1.55 bits per heavy atom. The van der Waals surface area contributed by atoms with E-state index in [1.54, 1.807) is 6.08 Å². The zero-order valence-electron chi connectivity index (χ0n) is 11.2. The summed E-state index contributed by atoms with van der Waals surface area (Å²) in [5.74, 6) is 0.378. The first-order valence-electron chi connectivity index (χ1n) is 6.55. The number of ether oxygens (including phenoxy) is 2. The fourth-order valence-electron chi connectivity index (χ4n) is 2.15. The van der Waals surface area contributed by atoms with E-state index in [0.717, 1.165) is 0 Å². The van der Waals surface area contributed by atoms with Crippen LogP contribution in [-0.2, 0) is 9.47 Å². The van der Waals surface area contributed by atoms with Crippen molar-refractivity contribution in [3.63, 3.8) is 0 Å². The van der Waals surface area contributed by atoms with Crippen molar-refractivity contribution in [2.45, 2.75) is 12.2 Å². The second kappa shape index (κ2) is 4.92. The second-order valence-electron chi connectivity index (χ2n) is 5.01. The maximum Gasteiger partial charge on any atom is 0.334 e. The molecule has 20 heavy (non-hydrogen) atoms. The summed E-state index contributed by atoms with van der Waals surface area (Å²) in [6.07, 6.45) is 1.60. The highest BCUT2D eigenvalue weighted by molar-refractivity contribution is 5.98. The van der Waals surface area contributed by atoms with E-state index in [1.165, 1.54) is 14.7 Å². The molecule has 0 saturated carbocycles. The maximum atomic E-state index is 12.4. The van der Waals surface area contributed by atoms with Gasteiger partial charge in [0.05, 0.1) is 38.5 Å². The first kappa shape index (κ1) is 13.1. The van der Waals surface area contributed by atoms with Gasteiger partial charge in [0.25, 0.3) is 0 Å². The van der Waals surface area contributed by atoms with Gasteiger partial charge in [0.2, 0.25) is 0 Å². The third kappa shape index (κ3) is 2.41. The lowest BCUT2D eigenvalue weighted by atomic mass is 10.3. The Balaban J connectivity index is 1.80. The lowest BCUT2D eigenvalue weighted by Gasteiger charge is -2.41. The minimum Gasteiger partial charge on any atom is -0.371 e. The third-order valence-corrected chi connectivity index (χ3v) is 3.44. The van der Waals surface area contributed by atoms with Crippen LogP contribution in [0.2, 0.25) is 0 Å². The average molecular weight is 279 g/mol. The number of hydrogen-bond acceptors (Lipinski definition) is 4. The molecule has 0 aliphatic carbocycles. The van der Waals surface area contributed by atoms with Crippen LogP contribution in [0, 0.1) is 0 Å². The Morgan fingerprint density at radius 1 is 1.05 bits per heavy atom. The molecule has 0 aromatic heterocycles. The molecule has 3 fully saturated rings. The van der Waals surface area contributed by atoms with Crippen molar-refractivity contribution in [2.75, 3.05) is 32.8 Å². The molecule has 3 heterocycles. The van der Waals surface area contributed by atoms with Crippen LogP contribution in [0.4, 0.5) is 9.59 Å². The normalized spacial score (nSPS) is 29.0. The van der Waals surface area contributed by atoms with E-state index in [9.17, 15) is 9.59 Å². The summed E-state index contributed by atoms with van der Waals surface area (Å²) >= 11 is 0. The number of imide groups is 1. The van der Waals surface area contributed by atoms with Crippen LogP contribution in [0.1, 0.15) is 0 Å². The first-order valence-corrected chi connectivity index (χ1v) is 6.55. The Hall–Kier alpha value is -1.86. The number of rotatable bonds is 6. The highest BCUT2D eigenvalue weighted by atomic mass is 16.6. The summed E-state index contributed by atoms with van der Waals surface area (Å²) in [6, 6.07) is -0.727. The van der Waals surface area contributed by atoms with Crippen molar-refractivity contribution in [1.82, 2.24) is 14.7 Å². The van der Waals surface area contributed by atoms with E-state index < -0.39 is 0 Å². The van der Waals surface area contributed by atoms with Gasteiger partial charge in [0, 0.05) is 6.54 Å². The van der Waals surface area contributed by atoms with Crippen LogP contribution in [-0.4, -0.2) is 71.8 Å². The van der Waals surface area contributed by atoms with E-state index in [4.69, 9.17) is 9.47 Å². The molecule has 3 rings (SSSR count).